The number of hydrogen-bond acceptors (Lipinski definition) is 4. The van der Waals surface area contributed by atoms with Crippen molar-refractivity contribution in [2.45, 2.75) is 33.6 Å². The van der Waals surface area contributed by atoms with Crippen LogP contribution < -0.4 is 10.1 Å². The van der Waals surface area contributed by atoms with Crippen molar-refractivity contribution in [2.75, 3.05) is 11.9 Å². The van der Waals surface area contributed by atoms with Crippen molar-refractivity contribution in [3.8, 4) is 5.75 Å². The van der Waals surface area contributed by atoms with Gasteiger partial charge in [0.15, 0.2) is 5.13 Å². The van der Waals surface area contributed by atoms with E-state index in [-0.39, 0.29) is 5.91 Å². The maximum atomic E-state index is 11.8. The zero-order chi connectivity index (χ0) is 16.1. The van der Waals surface area contributed by atoms with E-state index in [9.17, 15) is 4.79 Å². The summed E-state index contributed by atoms with van der Waals surface area (Å²) >= 11 is 7.39. The molecule has 22 heavy (non-hydrogen) atoms. The molecule has 0 bridgehead atoms. The van der Waals surface area contributed by atoms with E-state index in [1.54, 1.807) is 6.07 Å². The summed E-state index contributed by atoms with van der Waals surface area (Å²) in [6, 6.07) is 5.50. The number of ether oxygens (including phenoxy) is 1. The number of anilines is 1. The quantitative estimate of drug-likeness (QED) is 0.788. The Balaban J connectivity index is 1.73. The SMILES string of the molecule is Cc1cc(Cl)ccc1OCCCC(=O)Nc1nc(C)c(C)s1. The van der Waals surface area contributed by atoms with Gasteiger partial charge in [-0.05, 0) is 51.0 Å². The second-order valence-corrected chi connectivity index (χ2v) is 6.71. The molecular weight excluding hydrogens is 320 g/mol. The van der Waals surface area contributed by atoms with Gasteiger partial charge in [-0.3, -0.25) is 4.79 Å². The molecular formula is C16H19ClN2O2S. The molecule has 0 atom stereocenters. The highest BCUT2D eigenvalue weighted by Crippen LogP contribution is 2.22. The van der Waals surface area contributed by atoms with Crippen LogP contribution in [0.4, 0.5) is 5.13 Å². The molecule has 118 valence electrons. The van der Waals surface area contributed by atoms with E-state index in [0.717, 1.165) is 21.9 Å². The first-order valence-electron chi connectivity index (χ1n) is 7.08. The average Bonchev–Trinajstić information content (AvgIpc) is 2.75. The number of aryl methyl sites for hydroxylation is 3. The van der Waals surface area contributed by atoms with Crippen molar-refractivity contribution in [1.82, 2.24) is 4.98 Å². The van der Waals surface area contributed by atoms with E-state index in [2.05, 4.69) is 10.3 Å². The molecule has 0 radical (unpaired) electrons. The molecule has 1 N–H and O–H groups in total. The first-order valence-corrected chi connectivity index (χ1v) is 8.28. The molecule has 0 aliphatic rings. The number of nitrogens with one attached hydrogen (secondary N) is 1. The van der Waals surface area contributed by atoms with Gasteiger partial charge in [-0.15, -0.1) is 11.3 Å². The zero-order valence-corrected chi connectivity index (χ0v) is 14.5. The van der Waals surface area contributed by atoms with Gasteiger partial charge in [0.05, 0.1) is 12.3 Å². The lowest BCUT2D eigenvalue weighted by Crippen LogP contribution is -2.12. The second-order valence-electron chi connectivity index (χ2n) is 5.07. The minimum absolute atomic E-state index is 0.0369. The number of carbonyl (C=O) groups is 1. The van der Waals surface area contributed by atoms with Crippen molar-refractivity contribution in [1.29, 1.82) is 0 Å². The van der Waals surface area contributed by atoms with Crippen LogP contribution in [0.3, 0.4) is 0 Å². The molecule has 0 fully saturated rings. The van der Waals surface area contributed by atoms with Crippen LogP contribution in [-0.4, -0.2) is 17.5 Å². The topological polar surface area (TPSA) is 51.2 Å². The van der Waals surface area contributed by atoms with Crippen molar-refractivity contribution in [3.05, 3.63) is 39.4 Å². The van der Waals surface area contributed by atoms with Gasteiger partial charge in [0.25, 0.3) is 0 Å². The summed E-state index contributed by atoms with van der Waals surface area (Å²) in [4.78, 5) is 17.2. The summed E-state index contributed by atoms with van der Waals surface area (Å²) in [6.07, 6.45) is 1.06. The third-order valence-corrected chi connectivity index (χ3v) is 4.44. The van der Waals surface area contributed by atoms with E-state index in [1.165, 1.54) is 11.3 Å². The molecule has 0 spiro atoms. The van der Waals surface area contributed by atoms with Gasteiger partial charge in [0.2, 0.25) is 5.91 Å². The number of benzene rings is 1. The summed E-state index contributed by atoms with van der Waals surface area (Å²) in [5, 5.41) is 4.17. The molecule has 0 aliphatic heterocycles. The molecule has 0 saturated carbocycles. The number of nitrogens with zero attached hydrogens (tertiary/aromatic N) is 1. The Morgan fingerprint density at radius 2 is 2.14 bits per heavy atom. The highest BCUT2D eigenvalue weighted by atomic mass is 35.5. The predicted molar refractivity (Wildman–Crippen MR) is 91.1 cm³/mol. The molecule has 4 nitrogen and oxygen atoms in total. The summed E-state index contributed by atoms with van der Waals surface area (Å²) < 4.78 is 5.66. The van der Waals surface area contributed by atoms with Crippen molar-refractivity contribution in [3.63, 3.8) is 0 Å². The van der Waals surface area contributed by atoms with E-state index in [1.807, 2.05) is 32.9 Å². The van der Waals surface area contributed by atoms with E-state index < -0.39 is 0 Å². The summed E-state index contributed by atoms with van der Waals surface area (Å²) in [5.41, 5.74) is 1.95. The highest BCUT2D eigenvalue weighted by Gasteiger charge is 2.08. The van der Waals surface area contributed by atoms with Crippen LogP contribution in [-0.2, 0) is 4.79 Å². The summed E-state index contributed by atoms with van der Waals surface area (Å²) in [7, 11) is 0. The third kappa shape index (κ3) is 4.71. The normalized spacial score (nSPS) is 10.5. The van der Waals surface area contributed by atoms with Crippen LogP contribution in [0.15, 0.2) is 18.2 Å². The number of aromatic nitrogens is 1. The highest BCUT2D eigenvalue weighted by molar-refractivity contribution is 7.15. The minimum atomic E-state index is -0.0369. The molecule has 1 amide bonds. The Bertz CT molecular complexity index is 651. The average molecular weight is 339 g/mol. The Kier molecular flexibility index (Phi) is 5.80. The first kappa shape index (κ1) is 16.8. The van der Waals surface area contributed by atoms with Crippen LogP contribution in [0.5, 0.6) is 5.75 Å². The molecule has 0 unspecified atom stereocenters. The fraction of sp³-hybridized carbons (Fsp3) is 0.375. The van der Waals surface area contributed by atoms with E-state index >= 15 is 0 Å². The van der Waals surface area contributed by atoms with Gasteiger partial charge in [-0.25, -0.2) is 4.98 Å². The Hall–Kier alpha value is -1.59. The smallest absolute Gasteiger partial charge is 0.226 e. The molecule has 1 aromatic heterocycles. The minimum Gasteiger partial charge on any atom is -0.493 e. The molecule has 0 saturated heterocycles. The standard InChI is InChI=1S/C16H19ClN2O2S/c1-10-9-13(17)6-7-14(10)21-8-4-5-15(20)19-16-18-11(2)12(3)22-16/h6-7,9H,4-5,8H2,1-3H3,(H,18,19,20). The maximum Gasteiger partial charge on any atom is 0.226 e. The summed E-state index contributed by atoms with van der Waals surface area (Å²) in [5.74, 6) is 0.765. The number of thiazole rings is 1. The number of carbonyl (C=O) groups excluding carboxylic acids is 1. The lowest BCUT2D eigenvalue weighted by Gasteiger charge is -2.09. The molecule has 6 heteroatoms. The van der Waals surface area contributed by atoms with Crippen LogP contribution in [0.1, 0.15) is 29.0 Å². The van der Waals surface area contributed by atoms with Crippen LogP contribution >= 0.6 is 22.9 Å². The summed E-state index contributed by atoms with van der Waals surface area (Å²) in [6.45, 7) is 6.36. The molecule has 1 heterocycles. The number of rotatable bonds is 6. The van der Waals surface area contributed by atoms with Gasteiger partial charge in [0.1, 0.15) is 5.75 Å². The fourth-order valence-corrected chi connectivity index (χ4v) is 2.96. The number of amides is 1. The lowest BCUT2D eigenvalue weighted by molar-refractivity contribution is -0.116. The number of hydrogen-bond donors (Lipinski definition) is 1. The maximum absolute atomic E-state index is 11.8. The second kappa shape index (κ2) is 7.61. The largest absolute Gasteiger partial charge is 0.493 e. The van der Waals surface area contributed by atoms with E-state index in [0.29, 0.717) is 29.6 Å². The lowest BCUT2D eigenvalue weighted by atomic mass is 10.2. The van der Waals surface area contributed by atoms with Crippen molar-refractivity contribution >= 4 is 34.0 Å². The van der Waals surface area contributed by atoms with Gasteiger partial charge in [-0.2, -0.15) is 0 Å². The Morgan fingerprint density at radius 3 is 2.77 bits per heavy atom. The van der Waals surface area contributed by atoms with Crippen LogP contribution in [0, 0.1) is 20.8 Å². The third-order valence-electron chi connectivity index (χ3n) is 3.22. The van der Waals surface area contributed by atoms with Gasteiger partial charge < -0.3 is 10.1 Å². The van der Waals surface area contributed by atoms with Gasteiger partial charge in [-0.1, -0.05) is 11.6 Å². The molecule has 0 aliphatic carbocycles. The molecule has 1 aromatic carbocycles. The fourth-order valence-electron chi connectivity index (χ4n) is 1.90. The van der Waals surface area contributed by atoms with Crippen LogP contribution in [0.2, 0.25) is 5.02 Å². The van der Waals surface area contributed by atoms with E-state index in [4.69, 9.17) is 16.3 Å². The van der Waals surface area contributed by atoms with Crippen LogP contribution in [0.25, 0.3) is 0 Å². The Morgan fingerprint density at radius 1 is 1.36 bits per heavy atom. The Labute approximate surface area is 139 Å². The monoisotopic (exact) mass is 338 g/mol. The number of halogens is 1. The van der Waals surface area contributed by atoms with Crippen molar-refractivity contribution < 1.29 is 9.53 Å². The van der Waals surface area contributed by atoms with Crippen molar-refractivity contribution in [2.24, 2.45) is 0 Å². The molecule has 2 rings (SSSR count). The predicted octanol–water partition coefficient (Wildman–Crippen LogP) is 4.52. The van der Waals surface area contributed by atoms with Gasteiger partial charge in [0, 0.05) is 16.3 Å². The zero-order valence-electron chi connectivity index (χ0n) is 12.9. The first-order chi connectivity index (χ1) is 10.5. The molecule has 2 aromatic rings. The van der Waals surface area contributed by atoms with Gasteiger partial charge >= 0.3 is 0 Å².